The summed E-state index contributed by atoms with van der Waals surface area (Å²) in [5.74, 6) is 0. The van der Waals surface area contributed by atoms with Crippen LogP contribution in [0.4, 0.5) is 5.69 Å². The van der Waals surface area contributed by atoms with Gasteiger partial charge in [0.05, 0.1) is 11.1 Å². The van der Waals surface area contributed by atoms with E-state index in [-0.39, 0.29) is 5.54 Å². The van der Waals surface area contributed by atoms with E-state index >= 15 is 0 Å². The summed E-state index contributed by atoms with van der Waals surface area (Å²) in [6.45, 7) is 13.9. The molecule has 0 aliphatic carbocycles. The first-order valence-corrected chi connectivity index (χ1v) is 16.8. The van der Waals surface area contributed by atoms with Gasteiger partial charge in [0.25, 0.3) is 0 Å². The molecule has 2 aliphatic heterocycles. The van der Waals surface area contributed by atoms with E-state index in [1.165, 1.54) is 53.2 Å². The number of rotatable bonds is 7. The number of thiazole rings is 1. The van der Waals surface area contributed by atoms with Crippen molar-refractivity contribution >= 4 is 36.1 Å². The summed E-state index contributed by atoms with van der Waals surface area (Å²) in [5.41, 5.74) is 3.74. The number of aryl methyl sites for hydroxylation is 1. The fourth-order valence-electron chi connectivity index (χ4n) is 5.20. The lowest BCUT2D eigenvalue weighted by molar-refractivity contribution is 0.0899. The van der Waals surface area contributed by atoms with Crippen molar-refractivity contribution in [3.8, 4) is 10.6 Å². The van der Waals surface area contributed by atoms with Crippen LogP contribution in [0.15, 0.2) is 24.7 Å². The molecule has 0 bridgehead atoms. The molecular weight excluding hydrogens is 446 g/mol. The Kier molecular flexibility index (Phi) is 6.37. The Morgan fingerprint density at radius 2 is 2.09 bits per heavy atom. The van der Waals surface area contributed by atoms with Gasteiger partial charge in [-0.1, -0.05) is 26.1 Å². The molecule has 1 N–H and O–H groups in total. The van der Waals surface area contributed by atoms with Gasteiger partial charge in [0.2, 0.25) is 0 Å². The second kappa shape index (κ2) is 9.13. The summed E-state index contributed by atoms with van der Waals surface area (Å²) >= 11 is 1.76. The average molecular weight is 484 g/mol. The van der Waals surface area contributed by atoms with Crippen molar-refractivity contribution in [1.29, 1.82) is 0 Å². The van der Waals surface area contributed by atoms with Gasteiger partial charge in [0, 0.05) is 62.3 Å². The number of pyridine rings is 1. The van der Waals surface area contributed by atoms with E-state index in [2.05, 4.69) is 53.6 Å². The summed E-state index contributed by atoms with van der Waals surface area (Å²) < 4.78 is 8.31. The van der Waals surface area contributed by atoms with Crippen LogP contribution in [0.3, 0.4) is 0 Å². The van der Waals surface area contributed by atoms with E-state index in [0.717, 1.165) is 36.9 Å². The zero-order valence-electron chi connectivity index (χ0n) is 20.5. The SMILES string of the molecule is Cc1cnc(-c2cn(COCC[Si](C)(C)C)c3nccc(N4CCC5(CCCCN5)C4)c23)s1. The van der Waals surface area contributed by atoms with Crippen molar-refractivity contribution in [3.63, 3.8) is 0 Å². The summed E-state index contributed by atoms with van der Waals surface area (Å²) in [4.78, 5) is 13.4. The van der Waals surface area contributed by atoms with Crippen LogP contribution in [-0.2, 0) is 11.5 Å². The summed E-state index contributed by atoms with van der Waals surface area (Å²) in [5, 5.41) is 6.14. The maximum absolute atomic E-state index is 6.13. The summed E-state index contributed by atoms with van der Waals surface area (Å²) in [6.07, 6.45) is 11.3. The molecule has 8 heteroatoms. The van der Waals surface area contributed by atoms with Gasteiger partial charge in [-0.15, -0.1) is 11.3 Å². The van der Waals surface area contributed by atoms with Gasteiger partial charge >= 0.3 is 0 Å². The molecule has 1 spiro atoms. The lowest BCUT2D eigenvalue weighted by Gasteiger charge is -2.35. The standard InChI is InChI=1S/C25H37N5OSSi/c1-19-15-27-24(32-19)20-16-30(18-31-13-14-33(2,3)4)23-22(20)21(7-11-26-23)29-12-9-25(17-29)8-5-6-10-28-25/h7,11,15-16,28H,5-6,8-10,12-14,17-18H2,1-4H3. The van der Waals surface area contributed by atoms with Gasteiger partial charge in [-0.3, -0.25) is 0 Å². The lowest BCUT2D eigenvalue weighted by Crippen LogP contribution is -2.50. The molecule has 2 fully saturated rings. The second-order valence-electron chi connectivity index (χ2n) is 11.0. The predicted octanol–water partition coefficient (Wildman–Crippen LogP) is 5.50. The third-order valence-corrected chi connectivity index (χ3v) is 9.74. The normalized spacial score (nSPS) is 21.5. The molecule has 1 unspecified atom stereocenters. The molecule has 33 heavy (non-hydrogen) atoms. The van der Waals surface area contributed by atoms with Crippen LogP contribution in [0.25, 0.3) is 21.6 Å². The summed E-state index contributed by atoms with van der Waals surface area (Å²) in [6, 6.07) is 3.37. The highest BCUT2D eigenvalue weighted by molar-refractivity contribution is 7.15. The molecule has 5 rings (SSSR count). The number of hydrogen-bond donors (Lipinski definition) is 1. The van der Waals surface area contributed by atoms with E-state index in [9.17, 15) is 0 Å². The van der Waals surface area contributed by atoms with E-state index in [4.69, 9.17) is 14.7 Å². The fourth-order valence-corrected chi connectivity index (χ4v) is 6.74. The molecule has 2 saturated heterocycles. The van der Waals surface area contributed by atoms with Gasteiger partial charge in [0.15, 0.2) is 0 Å². The van der Waals surface area contributed by atoms with Gasteiger partial charge in [-0.25, -0.2) is 9.97 Å². The first-order valence-electron chi connectivity index (χ1n) is 12.3. The van der Waals surface area contributed by atoms with Crippen molar-refractivity contribution in [1.82, 2.24) is 19.9 Å². The molecular formula is C25H37N5OSSi. The molecule has 3 aromatic rings. The van der Waals surface area contributed by atoms with Gasteiger partial charge in [-0.2, -0.15) is 0 Å². The van der Waals surface area contributed by atoms with Crippen LogP contribution < -0.4 is 10.2 Å². The molecule has 178 valence electrons. The second-order valence-corrected chi connectivity index (χ2v) is 17.9. The molecule has 0 saturated carbocycles. The van der Waals surface area contributed by atoms with Crippen LogP contribution in [0.1, 0.15) is 30.6 Å². The van der Waals surface area contributed by atoms with E-state index in [0.29, 0.717) is 6.73 Å². The minimum Gasteiger partial charge on any atom is -0.369 e. The Balaban J connectivity index is 1.49. The number of nitrogens with one attached hydrogen (secondary N) is 1. The van der Waals surface area contributed by atoms with Crippen molar-refractivity contribution < 1.29 is 4.74 Å². The van der Waals surface area contributed by atoms with E-state index < -0.39 is 8.07 Å². The molecule has 5 heterocycles. The van der Waals surface area contributed by atoms with Gasteiger partial charge in [0.1, 0.15) is 17.4 Å². The average Bonchev–Trinajstić information content (AvgIpc) is 3.49. The minimum absolute atomic E-state index is 0.272. The first-order chi connectivity index (χ1) is 15.8. The molecule has 0 radical (unpaired) electrons. The van der Waals surface area contributed by atoms with Crippen LogP contribution in [0.2, 0.25) is 25.7 Å². The maximum Gasteiger partial charge on any atom is 0.144 e. The Morgan fingerprint density at radius 1 is 1.21 bits per heavy atom. The Morgan fingerprint density at radius 3 is 2.82 bits per heavy atom. The molecule has 6 nitrogen and oxygen atoms in total. The molecule has 3 aromatic heterocycles. The lowest BCUT2D eigenvalue weighted by atomic mass is 9.88. The Hall–Kier alpha value is -1.74. The van der Waals surface area contributed by atoms with Crippen LogP contribution in [0, 0.1) is 6.92 Å². The zero-order chi connectivity index (χ0) is 23.1. The smallest absolute Gasteiger partial charge is 0.144 e. The van der Waals surface area contributed by atoms with E-state index in [1.807, 2.05) is 12.4 Å². The minimum atomic E-state index is -1.11. The first kappa shape index (κ1) is 23.0. The van der Waals surface area contributed by atoms with Crippen molar-refractivity contribution in [2.45, 2.75) is 70.6 Å². The Labute approximate surface area is 202 Å². The number of fused-ring (bicyclic) bond motifs is 1. The highest BCUT2D eigenvalue weighted by Crippen LogP contribution is 2.41. The third kappa shape index (κ3) is 4.89. The topological polar surface area (TPSA) is 55.2 Å². The molecule has 2 aliphatic rings. The predicted molar refractivity (Wildman–Crippen MR) is 141 cm³/mol. The number of anilines is 1. The molecule has 0 amide bonds. The maximum atomic E-state index is 6.13. The number of aromatic nitrogens is 3. The fraction of sp³-hybridized carbons (Fsp3) is 0.600. The number of piperidine rings is 1. The summed E-state index contributed by atoms with van der Waals surface area (Å²) in [7, 11) is -1.11. The molecule has 1 atom stereocenters. The van der Waals surface area contributed by atoms with Crippen LogP contribution >= 0.6 is 11.3 Å². The van der Waals surface area contributed by atoms with Crippen molar-refractivity contribution in [3.05, 3.63) is 29.5 Å². The van der Waals surface area contributed by atoms with Gasteiger partial charge < -0.3 is 19.5 Å². The number of nitrogens with zero attached hydrogens (tertiary/aromatic N) is 4. The van der Waals surface area contributed by atoms with E-state index in [1.54, 1.807) is 11.3 Å². The van der Waals surface area contributed by atoms with Crippen molar-refractivity contribution in [2.75, 3.05) is 31.1 Å². The van der Waals surface area contributed by atoms with Crippen LogP contribution in [0.5, 0.6) is 0 Å². The third-order valence-electron chi connectivity index (χ3n) is 7.09. The monoisotopic (exact) mass is 483 g/mol. The highest BCUT2D eigenvalue weighted by Gasteiger charge is 2.39. The number of ether oxygens (including phenoxy) is 1. The number of hydrogen-bond acceptors (Lipinski definition) is 6. The van der Waals surface area contributed by atoms with Crippen molar-refractivity contribution in [2.24, 2.45) is 0 Å². The quantitative estimate of drug-likeness (QED) is 0.355. The molecule has 0 aromatic carbocycles. The largest absolute Gasteiger partial charge is 0.369 e. The Bertz CT molecular complexity index is 1110. The van der Waals surface area contributed by atoms with Crippen LogP contribution in [-0.4, -0.2) is 54.4 Å². The van der Waals surface area contributed by atoms with Gasteiger partial charge in [-0.05, 0) is 44.8 Å². The zero-order valence-corrected chi connectivity index (χ0v) is 22.3. The highest BCUT2D eigenvalue weighted by atomic mass is 32.1.